The van der Waals surface area contributed by atoms with Gasteiger partial charge in [-0.2, -0.15) is 0 Å². The molecule has 0 atom stereocenters. The van der Waals surface area contributed by atoms with Gasteiger partial charge >= 0.3 is 0 Å². The molecule has 2 saturated carbocycles. The zero-order valence-electron chi connectivity index (χ0n) is 11.5. The Morgan fingerprint density at radius 3 is 2.67 bits per heavy atom. The Bertz CT molecular complexity index is 368. The first-order valence-corrected chi connectivity index (χ1v) is 8.41. The SMILES string of the molecule is CCCNCC1(c2cccs2)CC2(CCCC2)C1. The first kappa shape index (κ1) is 12.7. The van der Waals surface area contributed by atoms with Crippen molar-refractivity contribution in [2.24, 2.45) is 5.41 Å². The Kier molecular flexibility index (Phi) is 3.50. The van der Waals surface area contributed by atoms with Gasteiger partial charge in [-0.1, -0.05) is 25.8 Å². The first-order chi connectivity index (χ1) is 8.79. The molecule has 0 bridgehead atoms. The second-order valence-corrected chi connectivity index (χ2v) is 7.44. The van der Waals surface area contributed by atoms with Gasteiger partial charge in [-0.05, 0) is 55.5 Å². The molecule has 0 unspecified atom stereocenters. The van der Waals surface area contributed by atoms with E-state index in [9.17, 15) is 0 Å². The van der Waals surface area contributed by atoms with E-state index in [-0.39, 0.29) is 0 Å². The summed E-state index contributed by atoms with van der Waals surface area (Å²) in [5.41, 5.74) is 1.21. The van der Waals surface area contributed by atoms with Crippen LogP contribution in [0.25, 0.3) is 0 Å². The van der Waals surface area contributed by atoms with Crippen LogP contribution in [0.2, 0.25) is 0 Å². The Morgan fingerprint density at radius 1 is 1.28 bits per heavy atom. The van der Waals surface area contributed by atoms with Crippen molar-refractivity contribution < 1.29 is 0 Å². The third kappa shape index (κ3) is 2.14. The molecule has 1 heterocycles. The van der Waals surface area contributed by atoms with E-state index >= 15 is 0 Å². The van der Waals surface area contributed by atoms with Crippen LogP contribution in [0.4, 0.5) is 0 Å². The van der Waals surface area contributed by atoms with E-state index in [1.807, 2.05) is 11.3 Å². The van der Waals surface area contributed by atoms with Gasteiger partial charge in [0.15, 0.2) is 0 Å². The predicted molar refractivity (Wildman–Crippen MR) is 79.3 cm³/mol. The fraction of sp³-hybridized carbons (Fsp3) is 0.750. The molecule has 0 aliphatic heterocycles. The van der Waals surface area contributed by atoms with Gasteiger partial charge in [0.2, 0.25) is 0 Å². The minimum atomic E-state index is 0.480. The number of nitrogens with one attached hydrogen (secondary N) is 1. The summed E-state index contributed by atoms with van der Waals surface area (Å²) in [6.45, 7) is 4.62. The van der Waals surface area contributed by atoms with Gasteiger partial charge in [0.1, 0.15) is 0 Å². The van der Waals surface area contributed by atoms with E-state index in [1.165, 1.54) is 58.0 Å². The number of hydrogen-bond acceptors (Lipinski definition) is 2. The highest BCUT2D eigenvalue weighted by atomic mass is 32.1. The normalized spacial score (nSPS) is 24.3. The molecule has 18 heavy (non-hydrogen) atoms. The van der Waals surface area contributed by atoms with Crippen molar-refractivity contribution >= 4 is 11.3 Å². The fourth-order valence-electron chi connectivity index (χ4n) is 4.33. The summed E-state index contributed by atoms with van der Waals surface area (Å²) in [6, 6.07) is 4.58. The summed E-state index contributed by atoms with van der Waals surface area (Å²) in [4.78, 5) is 1.63. The Labute approximate surface area is 115 Å². The molecule has 1 spiro atoms. The molecule has 0 aromatic carbocycles. The predicted octanol–water partition coefficient (Wildman–Crippen LogP) is 4.34. The van der Waals surface area contributed by atoms with Crippen LogP contribution < -0.4 is 5.32 Å². The van der Waals surface area contributed by atoms with Crippen LogP contribution in [-0.4, -0.2) is 13.1 Å². The summed E-state index contributed by atoms with van der Waals surface area (Å²) >= 11 is 1.97. The fourth-order valence-corrected chi connectivity index (χ4v) is 5.26. The van der Waals surface area contributed by atoms with E-state index in [0.29, 0.717) is 5.41 Å². The summed E-state index contributed by atoms with van der Waals surface area (Å²) in [7, 11) is 0. The zero-order chi connectivity index (χ0) is 12.5. The van der Waals surface area contributed by atoms with Crippen LogP contribution in [0.3, 0.4) is 0 Å². The third-order valence-electron chi connectivity index (χ3n) is 5.03. The van der Waals surface area contributed by atoms with Gasteiger partial charge in [-0.15, -0.1) is 11.3 Å². The van der Waals surface area contributed by atoms with Crippen molar-refractivity contribution in [1.29, 1.82) is 0 Å². The van der Waals surface area contributed by atoms with Crippen molar-refractivity contribution in [3.8, 4) is 0 Å². The van der Waals surface area contributed by atoms with E-state index in [0.717, 1.165) is 5.41 Å². The largest absolute Gasteiger partial charge is 0.316 e. The van der Waals surface area contributed by atoms with Crippen molar-refractivity contribution in [3.05, 3.63) is 22.4 Å². The van der Waals surface area contributed by atoms with Crippen LogP contribution >= 0.6 is 11.3 Å². The monoisotopic (exact) mass is 263 g/mol. The number of hydrogen-bond donors (Lipinski definition) is 1. The molecule has 1 aromatic rings. The van der Waals surface area contributed by atoms with Gasteiger partial charge in [0.05, 0.1) is 0 Å². The third-order valence-corrected chi connectivity index (χ3v) is 6.14. The summed E-state index contributed by atoms with van der Waals surface area (Å²) in [6.07, 6.45) is 10.1. The molecule has 1 N–H and O–H groups in total. The highest BCUT2D eigenvalue weighted by molar-refractivity contribution is 7.10. The first-order valence-electron chi connectivity index (χ1n) is 7.53. The second kappa shape index (κ2) is 4.97. The highest BCUT2D eigenvalue weighted by Crippen LogP contribution is 2.63. The molecule has 3 rings (SSSR count). The molecule has 1 aromatic heterocycles. The smallest absolute Gasteiger partial charge is 0.0182 e. The van der Waals surface area contributed by atoms with Crippen molar-refractivity contribution in [1.82, 2.24) is 5.32 Å². The lowest BCUT2D eigenvalue weighted by atomic mass is 9.51. The Morgan fingerprint density at radius 2 is 2.06 bits per heavy atom. The summed E-state index contributed by atoms with van der Waals surface area (Å²) < 4.78 is 0. The van der Waals surface area contributed by atoms with E-state index in [2.05, 4.69) is 29.8 Å². The van der Waals surface area contributed by atoms with Crippen LogP contribution in [-0.2, 0) is 5.41 Å². The summed E-state index contributed by atoms with van der Waals surface area (Å²) in [5.74, 6) is 0. The molecule has 0 amide bonds. The zero-order valence-corrected chi connectivity index (χ0v) is 12.3. The minimum Gasteiger partial charge on any atom is -0.316 e. The van der Waals surface area contributed by atoms with E-state index in [1.54, 1.807) is 4.88 Å². The standard InChI is InChI=1S/C16H25NS/c1-2-9-17-13-16(14-6-5-10-18-14)11-15(12-16)7-3-4-8-15/h5-6,10,17H,2-4,7-9,11-13H2,1H3. The summed E-state index contributed by atoms with van der Waals surface area (Å²) in [5, 5.41) is 5.93. The average molecular weight is 263 g/mol. The Hall–Kier alpha value is -0.340. The second-order valence-electron chi connectivity index (χ2n) is 6.50. The van der Waals surface area contributed by atoms with Crippen molar-refractivity contribution in [3.63, 3.8) is 0 Å². The molecule has 2 aliphatic rings. The van der Waals surface area contributed by atoms with Crippen LogP contribution in [0.5, 0.6) is 0 Å². The average Bonchev–Trinajstić information content (AvgIpc) is 2.98. The molecular formula is C16H25NS. The molecular weight excluding hydrogens is 238 g/mol. The lowest BCUT2D eigenvalue weighted by Gasteiger charge is -2.55. The van der Waals surface area contributed by atoms with Crippen LogP contribution in [0.1, 0.15) is 56.7 Å². The topological polar surface area (TPSA) is 12.0 Å². The van der Waals surface area contributed by atoms with Gasteiger partial charge < -0.3 is 5.32 Å². The maximum Gasteiger partial charge on any atom is 0.0182 e. The maximum absolute atomic E-state index is 3.68. The molecule has 2 aliphatic carbocycles. The molecule has 0 radical (unpaired) electrons. The maximum atomic E-state index is 3.68. The van der Waals surface area contributed by atoms with E-state index in [4.69, 9.17) is 0 Å². The van der Waals surface area contributed by atoms with Crippen LogP contribution in [0, 0.1) is 5.41 Å². The van der Waals surface area contributed by atoms with Crippen molar-refractivity contribution in [2.45, 2.75) is 57.3 Å². The quantitative estimate of drug-likeness (QED) is 0.779. The van der Waals surface area contributed by atoms with Crippen molar-refractivity contribution in [2.75, 3.05) is 13.1 Å². The number of rotatable bonds is 5. The lowest BCUT2D eigenvalue weighted by molar-refractivity contribution is 0.0295. The number of thiophene rings is 1. The van der Waals surface area contributed by atoms with Gasteiger partial charge in [0, 0.05) is 16.8 Å². The molecule has 1 nitrogen and oxygen atoms in total. The van der Waals surface area contributed by atoms with Crippen LogP contribution in [0.15, 0.2) is 17.5 Å². The van der Waals surface area contributed by atoms with E-state index < -0.39 is 0 Å². The van der Waals surface area contributed by atoms with Gasteiger partial charge in [0.25, 0.3) is 0 Å². The van der Waals surface area contributed by atoms with Gasteiger partial charge in [-0.3, -0.25) is 0 Å². The molecule has 2 fully saturated rings. The Balaban J connectivity index is 1.70. The molecule has 100 valence electrons. The lowest BCUT2D eigenvalue weighted by Crippen LogP contribution is -2.53. The molecule has 2 heteroatoms. The highest BCUT2D eigenvalue weighted by Gasteiger charge is 2.55. The molecule has 0 saturated heterocycles. The minimum absolute atomic E-state index is 0.480. The van der Waals surface area contributed by atoms with Gasteiger partial charge in [-0.25, -0.2) is 0 Å².